The molecule has 2 N–H and O–H groups in total. The van der Waals surface area contributed by atoms with Crippen molar-refractivity contribution in [2.75, 3.05) is 29.9 Å². The van der Waals surface area contributed by atoms with Crippen molar-refractivity contribution in [1.29, 1.82) is 0 Å². The van der Waals surface area contributed by atoms with Crippen molar-refractivity contribution >= 4 is 23.3 Å². The van der Waals surface area contributed by atoms with E-state index in [1.807, 2.05) is 36.4 Å². The predicted octanol–water partition coefficient (Wildman–Crippen LogP) is 3.11. The summed E-state index contributed by atoms with van der Waals surface area (Å²) in [5.74, 6) is 0.314. The molecule has 1 saturated heterocycles. The van der Waals surface area contributed by atoms with Gasteiger partial charge in [-0.05, 0) is 49.2 Å². The van der Waals surface area contributed by atoms with Gasteiger partial charge in [-0.15, -0.1) is 10.2 Å². The van der Waals surface area contributed by atoms with Crippen molar-refractivity contribution in [2.24, 2.45) is 0 Å². The van der Waals surface area contributed by atoms with E-state index in [0.717, 1.165) is 30.2 Å². The van der Waals surface area contributed by atoms with Gasteiger partial charge in [0.1, 0.15) is 0 Å². The zero-order valence-electron chi connectivity index (χ0n) is 16.5. The predicted molar refractivity (Wildman–Crippen MR) is 116 cm³/mol. The third-order valence-electron chi connectivity index (χ3n) is 4.97. The summed E-state index contributed by atoms with van der Waals surface area (Å²) in [6.45, 7) is 1.94. The Morgan fingerprint density at radius 2 is 1.70 bits per heavy atom. The molecule has 0 bridgehead atoms. The molecule has 0 saturated carbocycles. The van der Waals surface area contributed by atoms with E-state index in [9.17, 15) is 9.59 Å². The zero-order chi connectivity index (χ0) is 20.8. The molecular formula is C23H23N5O2. The molecule has 4 rings (SSSR count). The summed E-state index contributed by atoms with van der Waals surface area (Å²) in [7, 11) is 0. The minimum absolute atomic E-state index is 0.109. The molecule has 152 valence electrons. The first-order valence-corrected chi connectivity index (χ1v) is 10.0. The second-order valence-corrected chi connectivity index (χ2v) is 7.15. The number of carbonyl (C=O) groups excluding carboxylic acids is 2. The van der Waals surface area contributed by atoms with Crippen LogP contribution in [0.2, 0.25) is 0 Å². The Morgan fingerprint density at radius 3 is 2.43 bits per heavy atom. The van der Waals surface area contributed by atoms with Gasteiger partial charge in [0, 0.05) is 29.9 Å². The minimum Gasteiger partial charge on any atom is -0.355 e. The van der Waals surface area contributed by atoms with Crippen LogP contribution >= 0.6 is 0 Å². The number of rotatable bonds is 6. The number of amides is 2. The highest BCUT2D eigenvalue weighted by Crippen LogP contribution is 2.23. The lowest BCUT2D eigenvalue weighted by Gasteiger charge is -2.15. The second-order valence-electron chi connectivity index (χ2n) is 7.15. The molecule has 2 heterocycles. The van der Waals surface area contributed by atoms with Crippen molar-refractivity contribution in [1.82, 2.24) is 15.5 Å². The third kappa shape index (κ3) is 4.81. The Labute approximate surface area is 175 Å². The van der Waals surface area contributed by atoms with Crippen LogP contribution < -0.4 is 15.5 Å². The standard InChI is InChI=1S/C23H23N5O2/c29-22(16-24-23(30)17-7-2-1-3-8-17)25-19-10-6-9-18(15-19)20-11-12-21(27-26-20)28-13-4-5-14-28/h1-3,6-12,15H,4-5,13-14,16H2,(H,24,30)(H,25,29). The molecule has 0 spiro atoms. The Hall–Kier alpha value is -3.74. The third-order valence-corrected chi connectivity index (χ3v) is 4.97. The molecule has 1 aliphatic rings. The maximum Gasteiger partial charge on any atom is 0.251 e. The zero-order valence-corrected chi connectivity index (χ0v) is 16.5. The molecule has 0 atom stereocenters. The largest absolute Gasteiger partial charge is 0.355 e. The topological polar surface area (TPSA) is 87.2 Å². The van der Waals surface area contributed by atoms with Crippen LogP contribution in [0.4, 0.5) is 11.5 Å². The maximum absolute atomic E-state index is 12.2. The molecule has 0 radical (unpaired) electrons. The van der Waals surface area contributed by atoms with E-state index < -0.39 is 0 Å². The Bertz CT molecular complexity index is 1020. The van der Waals surface area contributed by atoms with E-state index in [2.05, 4.69) is 25.7 Å². The van der Waals surface area contributed by atoms with E-state index in [4.69, 9.17) is 0 Å². The first-order chi connectivity index (χ1) is 14.7. The van der Waals surface area contributed by atoms with E-state index in [-0.39, 0.29) is 18.4 Å². The number of anilines is 2. The molecule has 0 unspecified atom stereocenters. The highest BCUT2D eigenvalue weighted by molar-refractivity contribution is 5.99. The molecular weight excluding hydrogens is 378 g/mol. The quantitative estimate of drug-likeness (QED) is 0.663. The first-order valence-electron chi connectivity index (χ1n) is 10.0. The number of carbonyl (C=O) groups is 2. The van der Waals surface area contributed by atoms with Gasteiger partial charge >= 0.3 is 0 Å². The summed E-state index contributed by atoms with van der Waals surface area (Å²) >= 11 is 0. The lowest BCUT2D eigenvalue weighted by atomic mass is 10.1. The van der Waals surface area contributed by atoms with Crippen molar-refractivity contribution in [3.05, 3.63) is 72.3 Å². The summed E-state index contributed by atoms with van der Waals surface area (Å²) in [6.07, 6.45) is 2.38. The van der Waals surface area contributed by atoms with Gasteiger partial charge in [-0.3, -0.25) is 9.59 Å². The molecule has 30 heavy (non-hydrogen) atoms. The summed E-state index contributed by atoms with van der Waals surface area (Å²) in [5, 5.41) is 14.1. The van der Waals surface area contributed by atoms with E-state index in [1.165, 1.54) is 12.8 Å². The Kier molecular flexibility index (Phi) is 5.98. The van der Waals surface area contributed by atoms with E-state index >= 15 is 0 Å². The van der Waals surface area contributed by atoms with Gasteiger partial charge in [0.15, 0.2) is 5.82 Å². The number of nitrogens with zero attached hydrogens (tertiary/aromatic N) is 3. The Morgan fingerprint density at radius 1 is 0.900 bits per heavy atom. The molecule has 7 nitrogen and oxygen atoms in total. The van der Waals surface area contributed by atoms with E-state index in [1.54, 1.807) is 30.3 Å². The highest BCUT2D eigenvalue weighted by atomic mass is 16.2. The summed E-state index contributed by atoms with van der Waals surface area (Å²) in [5.41, 5.74) is 2.76. The number of benzene rings is 2. The number of aromatic nitrogens is 2. The van der Waals surface area contributed by atoms with Crippen LogP contribution in [0, 0.1) is 0 Å². The van der Waals surface area contributed by atoms with Gasteiger partial charge in [-0.2, -0.15) is 0 Å². The number of hydrogen-bond acceptors (Lipinski definition) is 5. The molecule has 2 amide bonds. The molecule has 1 aromatic heterocycles. The van der Waals surface area contributed by atoms with Gasteiger partial charge in [0.05, 0.1) is 12.2 Å². The average molecular weight is 401 g/mol. The number of hydrogen-bond donors (Lipinski definition) is 2. The molecule has 7 heteroatoms. The minimum atomic E-state index is -0.299. The number of nitrogens with one attached hydrogen (secondary N) is 2. The van der Waals surface area contributed by atoms with Crippen molar-refractivity contribution in [2.45, 2.75) is 12.8 Å². The summed E-state index contributed by atoms with van der Waals surface area (Å²) in [4.78, 5) is 26.5. The van der Waals surface area contributed by atoms with Crippen molar-refractivity contribution in [3.63, 3.8) is 0 Å². The van der Waals surface area contributed by atoms with Crippen LogP contribution in [-0.4, -0.2) is 41.6 Å². The smallest absolute Gasteiger partial charge is 0.251 e. The molecule has 0 aliphatic carbocycles. The van der Waals surface area contributed by atoms with Gasteiger partial charge in [-0.1, -0.05) is 30.3 Å². The SMILES string of the molecule is O=C(CNC(=O)c1ccccc1)Nc1cccc(-c2ccc(N3CCCC3)nn2)c1. The van der Waals surface area contributed by atoms with Crippen LogP contribution in [0.25, 0.3) is 11.3 Å². The van der Waals surface area contributed by atoms with Gasteiger partial charge in [0.25, 0.3) is 5.91 Å². The summed E-state index contributed by atoms with van der Waals surface area (Å²) in [6, 6.07) is 20.1. The van der Waals surface area contributed by atoms with Crippen LogP contribution in [0.1, 0.15) is 23.2 Å². The van der Waals surface area contributed by atoms with Crippen LogP contribution in [0.15, 0.2) is 66.7 Å². The normalized spacial score (nSPS) is 13.1. The van der Waals surface area contributed by atoms with Gasteiger partial charge in [-0.25, -0.2) is 0 Å². The van der Waals surface area contributed by atoms with Crippen LogP contribution in [0.5, 0.6) is 0 Å². The maximum atomic E-state index is 12.2. The second kappa shape index (κ2) is 9.17. The molecule has 1 aliphatic heterocycles. The Balaban J connectivity index is 1.36. The van der Waals surface area contributed by atoms with Crippen molar-refractivity contribution < 1.29 is 9.59 Å². The fourth-order valence-electron chi connectivity index (χ4n) is 3.41. The van der Waals surface area contributed by atoms with E-state index in [0.29, 0.717) is 11.3 Å². The monoisotopic (exact) mass is 401 g/mol. The van der Waals surface area contributed by atoms with Gasteiger partial charge < -0.3 is 15.5 Å². The fraction of sp³-hybridized carbons (Fsp3) is 0.217. The van der Waals surface area contributed by atoms with Crippen LogP contribution in [0.3, 0.4) is 0 Å². The lowest BCUT2D eigenvalue weighted by molar-refractivity contribution is -0.115. The molecule has 1 fully saturated rings. The fourth-order valence-corrected chi connectivity index (χ4v) is 3.41. The highest BCUT2D eigenvalue weighted by Gasteiger charge is 2.14. The first kappa shape index (κ1) is 19.6. The van der Waals surface area contributed by atoms with Crippen molar-refractivity contribution in [3.8, 4) is 11.3 Å². The average Bonchev–Trinajstić information content (AvgIpc) is 3.33. The lowest BCUT2D eigenvalue weighted by Crippen LogP contribution is -2.32. The molecule has 2 aromatic carbocycles. The molecule has 3 aromatic rings. The van der Waals surface area contributed by atoms with Gasteiger partial charge in [0.2, 0.25) is 5.91 Å². The summed E-state index contributed by atoms with van der Waals surface area (Å²) < 4.78 is 0. The van der Waals surface area contributed by atoms with Crippen LogP contribution in [-0.2, 0) is 4.79 Å².